The van der Waals surface area contributed by atoms with Crippen molar-refractivity contribution in [1.82, 2.24) is 4.90 Å². The van der Waals surface area contributed by atoms with Crippen molar-refractivity contribution in [1.29, 1.82) is 0 Å². The number of benzene rings is 2. The lowest BCUT2D eigenvalue weighted by molar-refractivity contribution is -0.122. The highest BCUT2D eigenvalue weighted by atomic mass is 35.5. The number of carbonyl (C=O) groups is 2. The van der Waals surface area contributed by atoms with Gasteiger partial charge in [-0.2, -0.15) is 0 Å². The Labute approximate surface area is 182 Å². The number of anilines is 2. The van der Waals surface area contributed by atoms with E-state index in [0.29, 0.717) is 44.4 Å². The first kappa shape index (κ1) is 21.2. The fourth-order valence-corrected chi connectivity index (χ4v) is 4.16. The Bertz CT molecular complexity index is 866. The number of hydrogen-bond acceptors (Lipinski definition) is 3. The standard InChI is InChI=1S/C19H17Cl4N3O2/c20-11-7-12(21)9-13(8-11)24-19(28)16-5-2-6-26(16)10-17(27)25-18-14(22)3-1-4-15(18)23/h1,3-4,7-9,16H,2,5-6,10H2,(H,24,28)(H,25,27). The first-order valence-electron chi connectivity index (χ1n) is 8.58. The van der Waals surface area contributed by atoms with Gasteiger partial charge < -0.3 is 10.6 Å². The van der Waals surface area contributed by atoms with Crippen LogP contribution in [0.25, 0.3) is 0 Å². The predicted molar refractivity (Wildman–Crippen MR) is 115 cm³/mol. The predicted octanol–water partition coefficient (Wildman–Crippen LogP) is 5.34. The molecule has 1 heterocycles. The van der Waals surface area contributed by atoms with Gasteiger partial charge in [0.2, 0.25) is 11.8 Å². The van der Waals surface area contributed by atoms with E-state index in [1.807, 2.05) is 4.90 Å². The average molecular weight is 461 g/mol. The molecule has 1 fully saturated rings. The van der Waals surface area contributed by atoms with Crippen LogP contribution in [-0.2, 0) is 9.59 Å². The summed E-state index contributed by atoms with van der Waals surface area (Å²) in [6.07, 6.45) is 1.47. The van der Waals surface area contributed by atoms with Crippen LogP contribution in [0.2, 0.25) is 20.1 Å². The molecular weight excluding hydrogens is 444 g/mol. The minimum Gasteiger partial charge on any atom is -0.325 e. The molecule has 0 aliphatic carbocycles. The minimum absolute atomic E-state index is 0.0515. The number of carbonyl (C=O) groups excluding carboxylic acids is 2. The Balaban J connectivity index is 1.63. The number of nitrogens with one attached hydrogen (secondary N) is 2. The van der Waals surface area contributed by atoms with Crippen LogP contribution in [0.1, 0.15) is 12.8 Å². The largest absolute Gasteiger partial charge is 0.325 e. The van der Waals surface area contributed by atoms with Gasteiger partial charge >= 0.3 is 0 Å². The summed E-state index contributed by atoms with van der Waals surface area (Å²) in [4.78, 5) is 27.0. The first-order valence-corrected chi connectivity index (χ1v) is 10.1. The molecule has 2 N–H and O–H groups in total. The maximum atomic E-state index is 12.7. The van der Waals surface area contributed by atoms with E-state index in [1.54, 1.807) is 36.4 Å². The molecule has 0 radical (unpaired) electrons. The highest BCUT2D eigenvalue weighted by Gasteiger charge is 2.32. The number of nitrogens with zero attached hydrogens (tertiary/aromatic N) is 1. The third-order valence-corrected chi connectivity index (χ3v) is 5.44. The lowest BCUT2D eigenvalue weighted by Crippen LogP contribution is -2.43. The van der Waals surface area contributed by atoms with Gasteiger partial charge in [-0.25, -0.2) is 0 Å². The maximum absolute atomic E-state index is 12.7. The topological polar surface area (TPSA) is 61.4 Å². The molecule has 0 bridgehead atoms. The summed E-state index contributed by atoms with van der Waals surface area (Å²) in [6.45, 7) is 0.688. The van der Waals surface area contributed by atoms with Crippen molar-refractivity contribution in [3.8, 4) is 0 Å². The molecule has 0 saturated carbocycles. The zero-order valence-electron chi connectivity index (χ0n) is 14.6. The second-order valence-corrected chi connectivity index (χ2v) is 8.11. The molecule has 9 heteroatoms. The smallest absolute Gasteiger partial charge is 0.241 e. The molecule has 2 aromatic rings. The normalized spacial score (nSPS) is 16.8. The van der Waals surface area contributed by atoms with E-state index in [-0.39, 0.29) is 18.4 Å². The Hall–Kier alpha value is -1.50. The lowest BCUT2D eigenvalue weighted by atomic mass is 10.2. The molecule has 1 atom stereocenters. The van der Waals surface area contributed by atoms with E-state index in [9.17, 15) is 9.59 Å². The van der Waals surface area contributed by atoms with Crippen LogP contribution in [0.4, 0.5) is 11.4 Å². The van der Waals surface area contributed by atoms with E-state index in [1.165, 1.54) is 0 Å². The van der Waals surface area contributed by atoms with Gasteiger partial charge in [-0.3, -0.25) is 14.5 Å². The second kappa shape index (κ2) is 9.33. The second-order valence-electron chi connectivity index (χ2n) is 6.42. The van der Waals surface area contributed by atoms with E-state index in [0.717, 1.165) is 6.42 Å². The highest BCUT2D eigenvalue weighted by Crippen LogP contribution is 2.30. The number of amides is 2. The summed E-state index contributed by atoms with van der Waals surface area (Å²) in [6, 6.07) is 9.39. The van der Waals surface area contributed by atoms with Crippen LogP contribution in [-0.4, -0.2) is 35.8 Å². The molecule has 2 aromatic carbocycles. The molecule has 1 unspecified atom stereocenters. The first-order chi connectivity index (χ1) is 13.3. The fourth-order valence-electron chi connectivity index (χ4n) is 3.14. The molecule has 5 nitrogen and oxygen atoms in total. The third kappa shape index (κ3) is 5.31. The van der Waals surface area contributed by atoms with Crippen LogP contribution >= 0.6 is 46.4 Å². The number of halogens is 4. The molecule has 2 amide bonds. The Morgan fingerprint density at radius 2 is 1.64 bits per heavy atom. The summed E-state index contributed by atoms with van der Waals surface area (Å²) in [5.74, 6) is -0.500. The Kier molecular flexibility index (Phi) is 7.07. The summed E-state index contributed by atoms with van der Waals surface area (Å²) in [5, 5.41) is 7.11. The molecule has 148 valence electrons. The van der Waals surface area contributed by atoms with Gasteiger partial charge in [0.25, 0.3) is 0 Å². The van der Waals surface area contributed by atoms with Gasteiger partial charge in [0.1, 0.15) is 0 Å². The molecule has 0 aromatic heterocycles. The Morgan fingerprint density at radius 3 is 2.29 bits per heavy atom. The molecule has 3 rings (SSSR count). The van der Waals surface area contributed by atoms with Crippen molar-refractivity contribution in [2.24, 2.45) is 0 Å². The van der Waals surface area contributed by atoms with Gasteiger partial charge in [0.15, 0.2) is 0 Å². The van der Waals surface area contributed by atoms with Crippen molar-refractivity contribution in [3.63, 3.8) is 0 Å². The molecule has 1 aliphatic rings. The van der Waals surface area contributed by atoms with Crippen LogP contribution < -0.4 is 10.6 Å². The molecule has 28 heavy (non-hydrogen) atoms. The lowest BCUT2D eigenvalue weighted by Gasteiger charge is -2.23. The van der Waals surface area contributed by atoms with Gasteiger partial charge in [0.05, 0.1) is 28.3 Å². The molecule has 1 saturated heterocycles. The number of para-hydroxylation sites is 1. The highest BCUT2D eigenvalue weighted by molar-refractivity contribution is 6.39. The fraction of sp³-hybridized carbons (Fsp3) is 0.263. The van der Waals surface area contributed by atoms with Crippen molar-refractivity contribution >= 4 is 69.6 Å². The maximum Gasteiger partial charge on any atom is 0.241 e. The van der Waals surface area contributed by atoms with Crippen LogP contribution in [0, 0.1) is 0 Å². The molecule has 0 spiro atoms. The summed E-state index contributed by atoms with van der Waals surface area (Å²) in [5.41, 5.74) is 0.881. The van der Waals surface area contributed by atoms with E-state index >= 15 is 0 Å². The van der Waals surface area contributed by atoms with Crippen molar-refractivity contribution in [2.75, 3.05) is 23.7 Å². The van der Waals surface area contributed by atoms with Gasteiger partial charge in [-0.15, -0.1) is 0 Å². The number of likely N-dealkylation sites (tertiary alicyclic amines) is 1. The van der Waals surface area contributed by atoms with Crippen LogP contribution in [0.5, 0.6) is 0 Å². The van der Waals surface area contributed by atoms with Gasteiger partial charge in [0, 0.05) is 15.7 Å². The van der Waals surface area contributed by atoms with E-state index in [4.69, 9.17) is 46.4 Å². The third-order valence-electron chi connectivity index (χ3n) is 4.37. The average Bonchev–Trinajstić information content (AvgIpc) is 3.05. The monoisotopic (exact) mass is 459 g/mol. The summed E-state index contributed by atoms with van der Waals surface area (Å²) < 4.78 is 0. The van der Waals surface area contributed by atoms with E-state index in [2.05, 4.69) is 10.6 Å². The van der Waals surface area contributed by atoms with Gasteiger partial charge in [-0.05, 0) is 49.7 Å². The van der Waals surface area contributed by atoms with Crippen LogP contribution in [0.15, 0.2) is 36.4 Å². The molecule has 1 aliphatic heterocycles. The van der Waals surface area contributed by atoms with Crippen LogP contribution in [0.3, 0.4) is 0 Å². The minimum atomic E-state index is -0.426. The zero-order valence-corrected chi connectivity index (χ0v) is 17.7. The summed E-state index contributed by atoms with van der Waals surface area (Å²) >= 11 is 24.1. The van der Waals surface area contributed by atoms with Crippen molar-refractivity contribution in [3.05, 3.63) is 56.5 Å². The number of hydrogen-bond donors (Lipinski definition) is 2. The van der Waals surface area contributed by atoms with E-state index < -0.39 is 6.04 Å². The summed E-state index contributed by atoms with van der Waals surface area (Å²) in [7, 11) is 0. The van der Waals surface area contributed by atoms with Gasteiger partial charge in [-0.1, -0.05) is 52.5 Å². The quantitative estimate of drug-likeness (QED) is 0.632. The van der Waals surface area contributed by atoms with Crippen molar-refractivity contribution < 1.29 is 9.59 Å². The Morgan fingerprint density at radius 1 is 1.00 bits per heavy atom. The SMILES string of the molecule is O=C(CN1CCCC1C(=O)Nc1cc(Cl)cc(Cl)c1)Nc1c(Cl)cccc1Cl. The zero-order chi connectivity index (χ0) is 20.3. The molecular formula is C19H17Cl4N3O2. The van der Waals surface area contributed by atoms with Crippen molar-refractivity contribution in [2.45, 2.75) is 18.9 Å². The number of rotatable bonds is 5.